The Kier molecular flexibility index (Phi) is 5.82. The highest BCUT2D eigenvalue weighted by Gasteiger charge is 2.66. The van der Waals surface area contributed by atoms with E-state index >= 15 is 4.39 Å². The fraction of sp³-hybridized carbons (Fsp3) is 0.333. The molecule has 1 aliphatic rings. The van der Waals surface area contributed by atoms with Gasteiger partial charge in [0.1, 0.15) is 34.7 Å². The molecule has 5 rings (SSSR count). The first kappa shape index (κ1) is 25.4. The number of carbonyl (C=O) groups is 1. The zero-order valence-corrected chi connectivity index (χ0v) is 20.2. The second-order valence-electron chi connectivity index (χ2n) is 9.87. The number of alkyl halides is 3. The SMILES string of the molecule is CC(C)(O)Cn1cc(-c2ccc(NC(=O)Nc3cc(C4(C(F)(F)F)CC4)no3)c(F)c2)c2c(N)ncnc21. The van der Waals surface area contributed by atoms with Crippen LogP contribution in [0, 0.1) is 5.82 Å². The molecule has 14 heteroatoms. The smallest absolute Gasteiger partial charge is 0.389 e. The maximum atomic E-state index is 15.0. The molecule has 38 heavy (non-hydrogen) atoms. The van der Waals surface area contributed by atoms with Gasteiger partial charge in [-0.1, -0.05) is 11.2 Å². The van der Waals surface area contributed by atoms with Crippen molar-refractivity contribution in [3.05, 3.63) is 48.3 Å². The van der Waals surface area contributed by atoms with Crippen LogP contribution in [-0.2, 0) is 12.0 Å². The van der Waals surface area contributed by atoms with Crippen molar-refractivity contribution >= 4 is 34.5 Å². The molecule has 1 aliphatic carbocycles. The summed E-state index contributed by atoms with van der Waals surface area (Å²) in [7, 11) is 0. The number of halogens is 4. The Balaban J connectivity index is 1.35. The summed E-state index contributed by atoms with van der Waals surface area (Å²) in [6.45, 7) is 3.46. The summed E-state index contributed by atoms with van der Waals surface area (Å²) in [5.74, 6) is -0.921. The quantitative estimate of drug-likeness (QED) is 0.260. The molecular formula is C24H23F4N7O3. The predicted octanol–water partition coefficient (Wildman–Crippen LogP) is 4.82. The van der Waals surface area contributed by atoms with Gasteiger partial charge in [0.25, 0.3) is 0 Å². The van der Waals surface area contributed by atoms with Crippen molar-refractivity contribution in [3.8, 4) is 11.1 Å². The number of aliphatic hydroxyl groups is 1. The monoisotopic (exact) mass is 533 g/mol. The van der Waals surface area contributed by atoms with Gasteiger partial charge in [0.2, 0.25) is 5.88 Å². The van der Waals surface area contributed by atoms with E-state index in [9.17, 15) is 23.1 Å². The Hall–Kier alpha value is -4.20. The number of amides is 2. The summed E-state index contributed by atoms with van der Waals surface area (Å²) >= 11 is 0. The first-order valence-electron chi connectivity index (χ1n) is 11.5. The van der Waals surface area contributed by atoms with Crippen molar-refractivity contribution in [3.63, 3.8) is 0 Å². The molecule has 0 spiro atoms. The summed E-state index contributed by atoms with van der Waals surface area (Å²) < 4.78 is 61.3. The molecule has 1 saturated carbocycles. The number of hydrogen-bond acceptors (Lipinski definition) is 7. The zero-order valence-electron chi connectivity index (χ0n) is 20.2. The Morgan fingerprint density at radius 1 is 1.21 bits per heavy atom. The van der Waals surface area contributed by atoms with Gasteiger partial charge in [-0.15, -0.1) is 0 Å². The molecule has 10 nitrogen and oxygen atoms in total. The molecule has 0 unspecified atom stereocenters. The Labute approximate surface area is 212 Å². The Morgan fingerprint density at radius 2 is 1.95 bits per heavy atom. The number of aromatic nitrogens is 4. The zero-order chi connectivity index (χ0) is 27.5. The second kappa shape index (κ2) is 8.68. The number of fused-ring (bicyclic) bond motifs is 1. The van der Waals surface area contributed by atoms with E-state index in [2.05, 4.69) is 25.8 Å². The standard InChI is InChI=1S/C24H23F4N7O3/c1-22(2,37)10-35-9-13(18-19(29)30-11-31-20(18)35)12-3-4-15(14(25)7-12)32-21(36)33-17-8-16(34-38-17)23(5-6-23)24(26,27)28/h3-4,7-9,11,37H,5-6,10H2,1-2H3,(H2,29,30,31)(H2,32,33,36). The molecule has 0 aliphatic heterocycles. The summed E-state index contributed by atoms with van der Waals surface area (Å²) in [5, 5.41) is 18.7. The maximum Gasteiger partial charge on any atom is 0.400 e. The predicted molar refractivity (Wildman–Crippen MR) is 130 cm³/mol. The number of nitrogens with one attached hydrogen (secondary N) is 2. The van der Waals surface area contributed by atoms with E-state index in [1.54, 1.807) is 30.7 Å². The molecule has 1 aromatic carbocycles. The normalized spacial score (nSPS) is 15.0. The number of nitrogens with two attached hydrogens (primary N) is 1. The van der Waals surface area contributed by atoms with Crippen molar-refractivity contribution in [2.75, 3.05) is 16.4 Å². The summed E-state index contributed by atoms with van der Waals surface area (Å²) in [6, 6.07) is 4.11. The first-order chi connectivity index (χ1) is 17.8. The van der Waals surface area contributed by atoms with Crippen molar-refractivity contribution in [1.29, 1.82) is 0 Å². The van der Waals surface area contributed by atoms with Gasteiger partial charge in [0, 0.05) is 17.8 Å². The number of hydrogen-bond donors (Lipinski definition) is 4. The fourth-order valence-corrected chi connectivity index (χ4v) is 4.32. The number of benzene rings is 1. The third-order valence-corrected chi connectivity index (χ3v) is 6.30. The van der Waals surface area contributed by atoms with Crippen molar-refractivity contribution in [1.82, 2.24) is 19.7 Å². The van der Waals surface area contributed by atoms with Crippen molar-refractivity contribution in [2.24, 2.45) is 0 Å². The van der Waals surface area contributed by atoms with Gasteiger partial charge in [0.15, 0.2) is 0 Å². The molecular weight excluding hydrogens is 510 g/mol. The molecule has 1 fully saturated rings. The lowest BCUT2D eigenvalue weighted by Crippen LogP contribution is -2.28. The van der Waals surface area contributed by atoms with Crippen LogP contribution in [0.15, 0.2) is 41.3 Å². The van der Waals surface area contributed by atoms with Gasteiger partial charge in [-0.2, -0.15) is 13.2 Å². The highest BCUT2D eigenvalue weighted by atomic mass is 19.4. The summed E-state index contributed by atoms with van der Waals surface area (Å²) in [6.07, 6.45) is -1.73. The average Bonchev–Trinajstić information content (AvgIpc) is 3.39. The fourth-order valence-electron chi connectivity index (χ4n) is 4.32. The van der Waals surface area contributed by atoms with Crippen LogP contribution in [0.2, 0.25) is 0 Å². The van der Waals surface area contributed by atoms with Crippen molar-refractivity contribution < 1.29 is 32.0 Å². The van der Waals surface area contributed by atoms with Gasteiger partial charge < -0.3 is 25.2 Å². The lowest BCUT2D eigenvalue weighted by molar-refractivity contribution is -0.161. The molecule has 2 amide bonds. The number of nitrogens with zero attached hydrogens (tertiary/aromatic N) is 4. The minimum atomic E-state index is -4.48. The average molecular weight is 533 g/mol. The number of rotatable bonds is 6. The van der Waals surface area contributed by atoms with E-state index in [1.165, 1.54) is 18.5 Å². The van der Waals surface area contributed by atoms with Crippen LogP contribution in [0.5, 0.6) is 0 Å². The number of nitrogen functional groups attached to an aromatic ring is 1. The number of anilines is 3. The molecule has 0 atom stereocenters. The second-order valence-corrected chi connectivity index (χ2v) is 9.87. The molecule has 3 heterocycles. The van der Waals surface area contributed by atoms with E-state index < -0.39 is 29.0 Å². The highest BCUT2D eigenvalue weighted by molar-refractivity contribution is 6.02. The van der Waals surface area contributed by atoms with E-state index in [4.69, 9.17) is 10.3 Å². The summed E-state index contributed by atoms with van der Waals surface area (Å²) in [5.41, 5.74) is 3.84. The highest BCUT2D eigenvalue weighted by Crippen LogP contribution is 2.58. The number of urea groups is 1. The van der Waals surface area contributed by atoms with Crippen molar-refractivity contribution in [2.45, 2.75) is 50.4 Å². The van der Waals surface area contributed by atoms with Crippen LogP contribution in [0.1, 0.15) is 32.4 Å². The molecule has 3 aromatic heterocycles. The van der Waals surface area contributed by atoms with Crippen LogP contribution in [0.25, 0.3) is 22.2 Å². The minimum absolute atomic E-state index is 0.111. The van der Waals surface area contributed by atoms with Crippen LogP contribution < -0.4 is 16.4 Å². The van der Waals surface area contributed by atoms with E-state index in [-0.39, 0.29) is 42.5 Å². The molecule has 0 radical (unpaired) electrons. The van der Waals surface area contributed by atoms with E-state index in [1.807, 2.05) is 0 Å². The summed E-state index contributed by atoms with van der Waals surface area (Å²) in [4.78, 5) is 20.6. The first-order valence-corrected chi connectivity index (χ1v) is 11.5. The molecule has 5 N–H and O–H groups in total. The number of carbonyl (C=O) groups excluding carboxylic acids is 1. The van der Waals surface area contributed by atoms with Crippen LogP contribution >= 0.6 is 0 Å². The van der Waals surface area contributed by atoms with Gasteiger partial charge in [0.05, 0.1) is 23.2 Å². The molecule has 200 valence electrons. The lowest BCUT2D eigenvalue weighted by atomic mass is 10.0. The van der Waals surface area contributed by atoms with E-state index in [0.29, 0.717) is 22.2 Å². The lowest BCUT2D eigenvalue weighted by Gasteiger charge is -2.18. The molecule has 0 bridgehead atoms. The van der Waals surface area contributed by atoms with Gasteiger partial charge in [-0.25, -0.2) is 19.2 Å². The maximum absolute atomic E-state index is 15.0. The topological polar surface area (TPSA) is 144 Å². The molecule has 0 saturated heterocycles. The third kappa shape index (κ3) is 4.62. The third-order valence-electron chi connectivity index (χ3n) is 6.30. The van der Waals surface area contributed by atoms with Gasteiger partial charge >= 0.3 is 12.2 Å². The van der Waals surface area contributed by atoms with Gasteiger partial charge in [-0.05, 0) is 44.4 Å². The minimum Gasteiger partial charge on any atom is -0.389 e. The van der Waals surface area contributed by atoms with Crippen LogP contribution in [0.3, 0.4) is 0 Å². The Morgan fingerprint density at radius 3 is 2.58 bits per heavy atom. The van der Waals surface area contributed by atoms with Gasteiger partial charge in [-0.3, -0.25) is 5.32 Å². The van der Waals surface area contributed by atoms with E-state index in [0.717, 1.165) is 6.07 Å². The molecule has 4 aromatic rings. The largest absolute Gasteiger partial charge is 0.400 e. The van der Waals surface area contributed by atoms with Crippen LogP contribution in [-0.4, -0.2) is 42.6 Å². The Bertz CT molecular complexity index is 1530. The van der Waals surface area contributed by atoms with Crippen LogP contribution in [0.4, 0.5) is 39.7 Å².